The zero-order valence-electron chi connectivity index (χ0n) is 12.0. The van der Waals surface area contributed by atoms with Gasteiger partial charge in [0.1, 0.15) is 0 Å². The molecule has 1 aromatic carbocycles. The van der Waals surface area contributed by atoms with Gasteiger partial charge in [-0.1, -0.05) is 44.2 Å². The molecule has 3 heteroatoms. The van der Waals surface area contributed by atoms with Crippen molar-refractivity contribution in [2.75, 3.05) is 13.2 Å². The number of likely N-dealkylation sites (N-methyl/N-ethyl adjacent to an activating group) is 1. The van der Waals surface area contributed by atoms with Crippen LogP contribution in [0.15, 0.2) is 30.3 Å². The Bertz CT molecular complexity index is 355. The molecule has 0 spiro atoms. The fourth-order valence-electron chi connectivity index (χ4n) is 2.46. The minimum Gasteiger partial charge on any atom is -0.374 e. The number of hydrogen-bond donors (Lipinski definition) is 1. The summed E-state index contributed by atoms with van der Waals surface area (Å²) in [4.78, 5) is 0. The highest BCUT2D eigenvalue weighted by molar-refractivity contribution is 5.13. The van der Waals surface area contributed by atoms with Crippen LogP contribution in [0.1, 0.15) is 32.3 Å². The third-order valence-electron chi connectivity index (χ3n) is 3.54. The molecule has 1 N–H and O–H groups in total. The highest BCUT2D eigenvalue weighted by atomic mass is 16.5. The summed E-state index contributed by atoms with van der Waals surface area (Å²) in [6.07, 6.45) is 2.55. The van der Waals surface area contributed by atoms with Gasteiger partial charge in [-0.05, 0) is 24.9 Å². The Morgan fingerprint density at radius 1 is 1.16 bits per heavy atom. The molecule has 3 atom stereocenters. The van der Waals surface area contributed by atoms with Crippen LogP contribution in [-0.4, -0.2) is 31.4 Å². The molecule has 0 saturated heterocycles. The quantitative estimate of drug-likeness (QED) is 0.782. The van der Waals surface area contributed by atoms with Crippen molar-refractivity contribution >= 4 is 0 Å². The van der Waals surface area contributed by atoms with E-state index in [-0.39, 0.29) is 12.2 Å². The van der Waals surface area contributed by atoms with E-state index in [2.05, 4.69) is 31.3 Å². The van der Waals surface area contributed by atoms with Crippen LogP contribution >= 0.6 is 0 Å². The van der Waals surface area contributed by atoms with E-state index in [1.807, 2.05) is 18.2 Å². The molecule has 3 nitrogen and oxygen atoms in total. The van der Waals surface area contributed by atoms with Crippen molar-refractivity contribution < 1.29 is 9.47 Å². The average Bonchev–Trinajstić information content (AvgIpc) is 2.43. The van der Waals surface area contributed by atoms with E-state index in [9.17, 15) is 0 Å². The first-order valence-corrected chi connectivity index (χ1v) is 7.35. The van der Waals surface area contributed by atoms with Crippen molar-refractivity contribution in [3.63, 3.8) is 0 Å². The Morgan fingerprint density at radius 2 is 1.95 bits per heavy atom. The van der Waals surface area contributed by atoms with Crippen molar-refractivity contribution in [3.05, 3.63) is 35.9 Å². The lowest BCUT2D eigenvalue weighted by Gasteiger charge is -2.44. The van der Waals surface area contributed by atoms with Gasteiger partial charge in [-0.15, -0.1) is 0 Å². The number of ether oxygens (including phenoxy) is 2. The third-order valence-corrected chi connectivity index (χ3v) is 3.54. The molecule has 0 radical (unpaired) electrons. The number of rotatable bonds is 8. The predicted molar refractivity (Wildman–Crippen MR) is 77.1 cm³/mol. The smallest absolute Gasteiger partial charge is 0.0990 e. The van der Waals surface area contributed by atoms with Crippen molar-refractivity contribution in [3.8, 4) is 0 Å². The minimum atomic E-state index is 0.212. The van der Waals surface area contributed by atoms with Gasteiger partial charge in [0.15, 0.2) is 0 Å². The summed E-state index contributed by atoms with van der Waals surface area (Å²) in [6.45, 7) is 6.76. The molecule has 1 aromatic rings. The van der Waals surface area contributed by atoms with Crippen LogP contribution < -0.4 is 5.32 Å². The summed E-state index contributed by atoms with van der Waals surface area (Å²) in [7, 11) is 0. The normalized spacial score (nSPS) is 26.1. The summed E-state index contributed by atoms with van der Waals surface area (Å²) in [5.41, 5.74) is 1.23. The van der Waals surface area contributed by atoms with Gasteiger partial charge in [0.25, 0.3) is 0 Å². The summed E-state index contributed by atoms with van der Waals surface area (Å²) >= 11 is 0. The second-order valence-electron chi connectivity index (χ2n) is 5.07. The summed E-state index contributed by atoms with van der Waals surface area (Å²) in [5.74, 6) is 0. The van der Waals surface area contributed by atoms with E-state index >= 15 is 0 Å². The van der Waals surface area contributed by atoms with Crippen LogP contribution in [0.4, 0.5) is 0 Å². The molecule has 0 aromatic heterocycles. The number of benzene rings is 1. The van der Waals surface area contributed by atoms with Crippen LogP contribution in [0.5, 0.6) is 0 Å². The van der Waals surface area contributed by atoms with Crippen molar-refractivity contribution in [2.45, 2.75) is 51.5 Å². The van der Waals surface area contributed by atoms with E-state index in [1.54, 1.807) is 0 Å². The zero-order valence-corrected chi connectivity index (χ0v) is 12.0. The summed E-state index contributed by atoms with van der Waals surface area (Å²) < 4.78 is 11.9. The van der Waals surface area contributed by atoms with Gasteiger partial charge in [-0.25, -0.2) is 0 Å². The van der Waals surface area contributed by atoms with Crippen molar-refractivity contribution in [2.24, 2.45) is 0 Å². The summed E-state index contributed by atoms with van der Waals surface area (Å²) in [5, 5.41) is 3.46. The van der Waals surface area contributed by atoms with Gasteiger partial charge < -0.3 is 14.8 Å². The van der Waals surface area contributed by atoms with E-state index in [1.165, 1.54) is 5.56 Å². The fraction of sp³-hybridized carbons (Fsp3) is 0.625. The molecule has 1 saturated carbocycles. The maximum atomic E-state index is 5.99. The van der Waals surface area contributed by atoms with E-state index in [0.29, 0.717) is 12.6 Å². The maximum absolute atomic E-state index is 5.99. The molecular formula is C16H25NO2. The SMILES string of the molecule is CCCOC1C(NCC)CC1OCc1ccccc1. The van der Waals surface area contributed by atoms with Crippen molar-refractivity contribution in [1.82, 2.24) is 5.32 Å². The van der Waals surface area contributed by atoms with E-state index in [0.717, 1.165) is 26.0 Å². The number of nitrogens with one attached hydrogen (secondary N) is 1. The van der Waals surface area contributed by atoms with Gasteiger partial charge in [-0.2, -0.15) is 0 Å². The molecule has 0 heterocycles. The first-order chi connectivity index (χ1) is 9.35. The molecule has 0 aliphatic heterocycles. The van der Waals surface area contributed by atoms with Crippen molar-refractivity contribution in [1.29, 1.82) is 0 Å². The lowest BCUT2D eigenvalue weighted by atomic mass is 9.85. The van der Waals surface area contributed by atoms with Gasteiger partial charge in [-0.3, -0.25) is 0 Å². The molecule has 19 heavy (non-hydrogen) atoms. The third kappa shape index (κ3) is 4.03. The van der Waals surface area contributed by atoms with Crippen LogP contribution in [0.3, 0.4) is 0 Å². The molecule has 106 valence electrons. The maximum Gasteiger partial charge on any atom is 0.0990 e. The van der Waals surface area contributed by atoms with Gasteiger partial charge >= 0.3 is 0 Å². The Morgan fingerprint density at radius 3 is 2.63 bits per heavy atom. The van der Waals surface area contributed by atoms with E-state index in [4.69, 9.17) is 9.47 Å². The lowest BCUT2D eigenvalue weighted by molar-refractivity contribution is -0.151. The lowest BCUT2D eigenvalue weighted by Crippen LogP contribution is -2.60. The van der Waals surface area contributed by atoms with Crippen LogP contribution in [0.25, 0.3) is 0 Å². The zero-order chi connectivity index (χ0) is 13.5. The molecule has 2 rings (SSSR count). The Labute approximate surface area is 116 Å². The van der Waals surface area contributed by atoms with Crippen LogP contribution in [0, 0.1) is 0 Å². The highest BCUT2D eigenvalue weighted by Gasteiger charge is 2.42. The van der Waals surface area contributed by atoms with Gasteiger partial charge in [0.05, 0.1) is 18.8 Å². The monoisotopic (exact) mass is 263 g/mol. The van der Waals surface area contributed by atoms with Crippen LogP contribution in [0.2, 0.25) is 0 Å². The van der Waals surface area contributed by atoms with Gasteiger partial charge in [0.2, 0.25) is 0 Å². The Kier molecular flexibility index (Phi) is 5.83. The number of hydrogen-bond acceptors (Lipinski definition) is 3. The van der Waals surface area contributed by atoms with Gasteiger partial charge in [0, 0.05) is 12.6 Å². The fourth-order valence-corrected chi connectivity index (χ4v) is 2.46. The molecule has 1 aliphatic carbocycles. The molecule has 0 amide bonds. The minimum absolute atomic E-state index is 0.212. The van der Waals surface area contributed by atoms with E-state index < -0.39 is 0 Å². The average molecular weight is 263 g/mol. The molecule has 1 fully saturated rings. The highest BCUT2D eigenvalue weighted by Crippen LogP contribution is 2.28. The van der Waals surface area contributed by atoms with Crippen LogP contribution in [-0.2, 0) is 16.1 Å². The molecule has 3 unspecified atom stereocenters. The molecule has 1 aliphatic rings. The Hall–Kier alpha value is -0.900. The first kappa shape index (κ1) is 14.5. The Balaban J connectivity index is 1.79. The standard InChI is InChI=1S/C16H25NO2/c1-3-10-18-16-14(17-4-2)11-15(16)19-12-13-8-6-5-7-9-13/h5-9,14-17H,3-4,10-12H2,1-2H3. The molecule has 0 bridgehead atoms. The largest absolute Gasteiger partial charge is 0.374 e. The summed E-state index contributed by atoms with van der Waals surface area (Å²) in [6, 6.07) is 10.8. The predicted octanol–water partition coefficient (Wildman–Crippen LogP) is 2.75. The second-order valence-corrected chi connectivity index (χ2v) is 5.07. The first-order valence-electron chi connectivity index (χ1n) is 7.35. The topological polar surface area (TPSA) is 30.5 Å². The molecular weight excluding hydrogens is 238 g/mol. The second kappa shape index (κ2) is 7.63.